The fraction of sp³-hybridized carbons (Fsp3) is 0.0769. The van der Waals surface area contributed by atoms with E-state index >= 15 is 0 Å². The van der Waals surface area contributed by atoms with Gasteiger partial charge in [0, 0.05) is 21.9 Å². The summed E-state index contributed by atoms with van der Waals surface area (Å²) in [4.78, 5) is 17.0. The first-order valence-corrected chi connectivity index (χ1v) is 10.1. The number of aryl methyl sites for hydroxylation is 2. The molecule has 0 atom stereocenters. The molecule has 0 aliphatic carbocycles. The number of rotatable bonds is 2. The Morgan fingerprint density at radius 2 is 1.39 bits per heavy atom. The highest BCUT2D eigenvalue weighted by atomic mass is 15.0. The van der Waals surface area contributed by atoms with E-state index in [4.69, 9.17) is 6.57 Å². The van der Waals surface area contributed by atoms with Crippen molar-refractivity contribution in [3.63, 3.8) is 0 Å². The van der Waals surface area contributed by atoms with Crippen molar-refractivity contribution in [1.82, 2.24) is 19.5 Å². The van der Waals surface area contributed by atoms with Gasteiger partial charge in [0.2, 0.25) is 0 Å². The summed E-state index contributed by atoms with van der Waals surface area (Å²) in [6, 6.07) is 20.8. The smallest absolute Gasteiger partial charge is 0.189 e. The van der Waals surface area contributed by atoms with Crippen LogP contribution in [0.4, 0.5) is 5.69 Å². The molecule has 0 unspecified atom stereocenters. The predicted molar refractivity (Wildman–Crippen MR) is 125 cm³/mol. The third-order valence-corrected chi connectivity index (χ3v) is 5.48. The SMILES string of the molecule is [C-]#[N+]c1ccc2c3ccc(C#N)cc3n(-c3cc(C#N)ccc3-c3nc(C)nc(C)n3)c2c1. The first-order chi connectivity index (χ1) is 16.0. The summed E-state index contributed by atoms with van der Waals surface area (Å²) in [5.41, 5.74) is 4.49. The third kappa shape index (κ3) is 3.24. The van der Waals surface area contributed by atoms with Gasteiger partial charge in [-0.15, -0.1) is 0 Å². The van der Waals surface area contributed by atoms with Crippen molar-refractivity contribution in [3.05, 3.63) is 88.8 Å². The molecule has 3 aromatic carbocycles. The maximum atomic E-state index is 9.62. The first kappa shape index (κ1) is 19.9. The summed E-state index contributed by atoms with van der Waals surface area (Å²) in [6.07, 6.45) is 0. The minimum absolute atomic E-state index is 0.476. The fourth-order valence-corrected chi connectivity index (χ4v) is 4.12. The monoisotopic (exact) mass is 425 g/mol. The van der Waals surface area contributed by atoms with Crippen molar-refractivity contribution in [2.75, 3.05) is 0 Å². The third-order valence-electron chi connectivity index (χ3n) is 5.48. The van der Waals surface area contributed by atoms with Gasteiger partial charge in [0.05, 0.1) is 41.0 Å². The molecule has 0 radical (unpaired) electrons. The number of hydrogen-bond donors (Lipinski definition) is 0. The minimum atomic E-state index is 0.476. The molecule has 0 fully saturated rings. The van der Waals surface area contributed by atoms with Gasteiger partial charge in [-0.05, 0) is 50.2 Å². The molecule has 0 aliphatic heterocycles. The molecule has 33 heavy (non-hydrogen) atoms. The maximum Gasteiger partial charge on any atom is 0.189 e. The second kappa shape index (κ2) is 7.57. The molecule has 2 aromatic heterocycles. The Bertz CT molecular complexity index is 1630. The van der Waals surface area contributed by atoms with Gasteiger partial charge in [-0.1, -0.05) is 18.2 Å². The average Bonchev–Trinajstić information content (AvgIpc) is 3.15. The summed E-state index contributed by atoms with van der Waals surface area (Å²) in [5, 5.41) is 21.0. The van der Waals surface area contributed by atoms with Gasteiger partial charge in [-0.25, -0.2) is 19.8 Å². The molecule has 5 rings (SSSR count). The normalized spacial score (nSPS) is 10.6. The van der Waals surface area contributed by atoms with Crippen LogP contribution in [-0.4, -0.2) is 19.5 Å². The van der Waals surface area contributed by atoms with Crippen LogP contribution in [0.2, 0.25) is 0 Å². The number of fused-ring (bicyclic) bond motifs is 3. The van der Waals surface area contributed by atoms with Crippen LogP contribution < -0.4 is 0 Å². The standard InChI is InChI=1S/C26H15N7/c1-15-30-16(2)32-26(31-15)22-8-5-18(14-28)11-24(22)33-23-10-17(13-27)4-7-20(23)21-9-6-19(29-3)12-25(21)33/h4-12H,1-2H3. The highest BCUT2D eigenvalue weighted by Gasteiger charge is 2.19. The summed E-state index contributed by atoms with van der Waals surface area (Å²) in [7, 11) is 0. The van der Waals surface area contributed by atoms with E-state index in [-0.39, 0.29) is 0 Å². The van der Waals surface area contributed by atoms with Crippen LogP contribution in [0.1, 0.15) is 22.8 Å². The van der Waals surface area contributed by atoms with Crippen LogP contribution in [0.5, 0.6) is 0 Å². The number of nitrogens with zero attached hydrogens (tertiary/aromatic N) is 7. The summed E-state index contributed by atoms with van der Waals surface area (Å²) in [6.45, 7) is 11.1. The molecule has 0 aliphatic rings. The van der Waals surface area contributed by atoms with E-state index in [1.807, 2.05) is 48.7 Å². The van der Waals surface area contributed by atoms with Crippen LogP contribution in [0.3, 0.4) is 0 Å². The molecule has 5 aromatic rings. The van der Waals surface area contributed by atoms with Crippen LogP contribution >= 0.6 is 0 Å². The molecule has 154 valence electrons. The summed E-state index contributed by atoms with van der Waals surface area (Å²) >= 11 is 0. The number of benzene rings is 3. The molecule has 0 N–H and O–H groups in total. The Morgan fingerprint density at radius 3 is 2.06 bits per heavy atom. The van der Waals surface area contributed by atoms with Crippen LogP contribution in [-0.2, 0) is 0 Å². The Kier molecular flexibility index (Phi) is 4.56. The molecule has 0 spiro atoms. The first-order valence-electron chi connectivity index (χ1n) is 10.1. The van der Waals surface area contributed by atoms with Gasteiger partial charge >= 0.3 is 0 Å². The van der Waals surface area contributed by atoms with E-state index < -0.39 is 0 Å². The second-order valence-corrected chi connectivity index (χ2v) is 7.59. The van der Waals surface area contributed by atoms with E-state index in [1.54, 1.807) is 24.3 Å². The molecule has 0 saturated carbocycles. The lowest BCUT2D eigenvalue weighted by atomic mass is 10.1. The lowest BCUT2D eigenvalue weighted by molar-refractivity contribution is 0.926. The van der Waals surface area contributed by atoms with Gasteiger partial charge in [0.1, 0.15) is 11.6 Å². The molecule has 7 nitrogen and oxygen atoms in total. The molecular formula is C26H15N7. The van der Waals surface area contributed by atoms with Crippen LogP contribution in [0, 0.1) is 43.1 Å². The number of nitriles is 2. The Balaban J connectivity index is 1.97. The number of hydrogen-bond acceptors (Lipinski definition) is 5. The lowest BCUT2D eigenvalue weighted by Crippen LogP contribution is -2.03. The van der Waals surface area contributed by atoms with Crippen molar-refractivity contribution in [2.45, 2.75) is 13.8 Å². The average molecular weight is 425 g/mol. The Morgan fingerprint density at radius 1 is 0.788 bits per heavy atom. The van der Waals surface area contributed by atoms with Gasteiger partial charge in [0.15, 0.2) is 11.5 Å². The zero-order chi connectivity index (χ0) is 23.1. The highest BCUT2D eigenvalue weighted by molar-refractivity contribution is 6.10. The van der Waals surface area contributed by atoms with Gasteiger partial charge in [-0.2, -0.15) is 10.5 Å². The molecule has 2 heterocycles. The van der Waals surface area contributed by atoms with E-state index in [0.29, 0.717) is 40.0 Å². The van der Waals surface area contributed by atoms with Crippen molar-refractivity contribution in [1.29, 1.82) is 10.5 Å². The zero-order valence-corrected chi connectivity index (χ0v) is 17.8. The largest absolute Gasteiger partial charge is 0.310 e. The predicted octanol–water partition coefficient (Wildman–Crippen LogP) is 5.55. The Hall–Kier alpha value is -5.06. The molecule has 0 bridgehead atoms. The topological polar surface area (TPSA) is 95.5 Å². The van der Waals surface area contributed by atoms with Crippen LogP contribution in [0.25, 0.3) is 43.7 Å². The maximum absolute atomic E-state index is 9.62. The zero-order valence-electron chi connectivity index (χ0n) is 17.8. The van der Waals surface area contributed by atoms with Crippen molar-refractivity contribution in [3.8, 4) is 29.2 Å². The quantitative estimate of drug-likeness (QED) is 0.346. The highest BCUT2D eigenvalue weighted by Crippen LogP contribution is 2.37. The van der Waals surface area contributed by atoms with Crippen molar-refractivity contribution >= 4 is 27.5 Å². The minimum Gasteiger partial charge on any atom is -0.310 e. The van der Waals surface area contributed by atoms with Crippen LogP contribution in [0.15, 0.2) is 54.6 Å². The van der Waals surface area contributed by atoms with E-state index in [2.05, 4.69) is 31.9 Å². The van der Waals surface area contributed by atoms with Gasteiger partial charge < -0.3 is 4.57 Å². The molecular weight excluding hydrogens is 410 g/mol. The van der Waals surface area contributed by atoms with Crippen molar-refractivity contribution in [2.24, 2.45) is 0 Å². The van der Waals surface area contributed by atoms with Gasteiger partial charge in [0.25, 0.3) is 0 Å². The number of aromatic nitrogens is 4. The molecule has 7 heteroatoms. The van der Waals surface area contributed by atoms with E-state index in [0.717, 1.165) is 27.4 Å². The summed E-state index contributed by atoms with van der Waals surface area (Å²) in [5.74, 6) is 1.68. The van der Waals surface area contributed by atoms with Crippen molar-refractivity contribution < 1.29 is 0 Å². The second-order valence-electron chi connectivity index (χ2n) is 7.59. The van der Waals surface area contributed by atoms with E-state index in [1.165, 1.54) is 0 Å². The fourth-order valence-electron chi connectivity index (χ4n) is 4.12. The van der Waals surface area contributed by atoms with Gasteiger partial charge in [-0.3, -0.25) is 0 Å². The molecule has 0 amide bonds. The Labute approximate surface area is 189 Å². The molecule has 0 saturated heterocycles. The lowest BCUT2D eigenvalue weighted by Gasteiger charge is -2.14. The summed E-state index contributed by atoms with van der Waals surface area (Å²) < 4.78 is 1.98. The van der Waals surface area contributed by atoms with E-state index in [9.17, 15) is 10.5 Å².